The third kappa shape index (κ3) is 3.06. The molecule has 0 fully saturated rings. The van der Waals surface area contributed by atoms with Gasteiger partial charge in [-0.3, -0.25) is 9.48 Å². The van der Waals surface area contributed by atoms with Gasteiger partial charge in [0.25, 0.3) is 5.91 Å². The fourth-order valence-corrected chi connectivity index (χ4v) is 1.96. The molecule has 6 heteroatoms. The van der Waals surface area contributed by atoms with Crippen molar-refractivity contribution in [1.29, 1.82) is 0 Å². The number of hydrogen-bond acceptors (Lipinski definition) is 3. The predicted molar refractivity (Wildman–Crippen MR) is 72.1 cm³/mol. The van der Waals surface area contributed by atoms with Gasteiger partial charge in [-0.1, -0.05) is 11.6 Å². The molecule has 19 heavy (non-hydrogen) atoms. The molecule has 0 radical (unpaired) electrons. The summed E-state index contributed by atoms with van der Waals surface area (Å²) in [7, 11) is 3.49. The van der Waals surface area contributed by atoms with Crippen LogP contribution in [-0.2, 0) is 13.6 Å². The highest BCUT2D eigenvalue weighted by Crippen LogP contribution is 2.23. The molecular weight excluding hydrogens is 266 g/mol. The van der Waals surface area contributed by atoms with Crippen LogP contribution in [0.5, 0.6) is 5.75 Å². The summed E-state index contributed by atoms with van der Waals surface area (Å²) in [5, 5.41) is 14.2. The quantitative estimate of drug-likeness (QED) is 0.935. The van der Waals surface area contributed by atoms with Crippen molar-refractivity contribution in [3.63, 3.8) is 0 Å². The smallest absolute Gasteiger partial charge is 0.257 e. The summed E-state index contributed by atoms with van der Waals surface area (Å²) in [6.45, 7) is 0.425. The minimum absolute atomic E-state index is 0.115. The fraction of sp³-hybridized carbons (Fsp3) is 0.231. The molecule has 0 aliphatic carbocycles. The lowest BCUT2D eigenvalue weighted by Crippen LogP contribution is -2.26. The molecule has 0 atom stereocenters. The Kier molecular flexibility index (Phi) is 3.76. The van der Waals surface area contributed by atoms with Crippen LogP contribution in [-0.4, -0.2) is 32.7 Å². The molecule has 2 rings (SSSR count). The molecule has 0 aliphatic heterocycles. The van der Waals surface area contributed by atoms with Crippen LogP contribution in [0.4, 0.5) is 0 Å². The van der Waals surface area contributed by atoms with Gasteiger partial charge in [0.1, 0.15) is 5.75 Å². The Morgan fingerprint density at radius 3 is 2.84 bits per heavy atom. The van der Waals surface area contributed by atoms with Crippen LogP contribution >= 0.6 is 11.6 Å². The number of aromatic hydroxyl groups is 1. The number of nitrogens with zero attached hydrogens (tertiary/aromatic N) is 3. The molecule has 0 spiro atoms. The summed E-state index contributed by atoms with van der Waals surface area (Å²) < 4.78 is 1.67. The van der Waals surface area contributed by atoms with Gasteiger partial charge >= 0.3 is 0 Å². The maximum atomic E-state index is 12.2. The Morgan fingerprint density at radius 2 is 2.26 bits per heavy atom. The van der Waals surface area contributed by atoms with Crippen LogP contribution in [0.1, 0.15) is 15.9 Å². The van der Waals surface area contributed by atoms with Crippen LogP contribution in [0.3, 0.4) is 0 Å². The van der Waals surface area contributed by atoms with E-state index in [1.807, 2.05) is 13.2 Å². The monoisotopic (exact) mass is 279 g/mol. The van der Waals surface area contributed by atoms with E-state index in [0.717, 1.165) is 5.56 Å². The van der Waals surface area contributed by atoms with E-state index in [1.165, 1.54) is 17.0 Å². The summed E-state index contributed by atoms with van der Waals surface area (Å²) >= 11 is 5.74. The van der Waals surface area contributed by atoms with Gasteiger partial charge in [0.15, 0.2) is 0 Å². The van der Waals surface area contributed by atoms with Crippen LogP contribution < -0.4 is 0 Å². The van der Waals surface area contributed by atoms with Crippen molar-refractivity contribution in [3.8, 4) is 5.75 Å². The number of carbonyl (C=O) groups is 1. The minimum Gasteiger partial charge on any atom is -0.507 e. The van der Waals surface area contributed by atoms with E-state index in [0.29, 0.717) is 11.6 Å². The number of carbonyl (C=O) groups excluding carboxylic acids is 1. The molecule has 0 saturated heterocycles. The van der Waals surface area contributed by atoms with Gasteiger partial charge in [0.2, 0.25) is 0 Å². The third-order valence-corrected chi connectivity index (χ3v) is 2.95. The number of aromatic nitrogens is 2. The van der Waals surface area contributed by atoms with Crippen LogP contribution in [0.15, 0.2) is 30.6 Å². The highest BCUT2D eigenvalue weighted by molar-refractivity contribution is 6.30. The van der Waals surface area contributed by atoms with Crippen molar-refractivity contribution in [1.82, 2.24) is 14.7 Å². The van der Waals surface area contributed by atoms with E-state index < -0.39 is 0 Å². The van der Waals surface area contributed by atoms with Crippen LogP contribution in [0, 0.1) is 0 Å². The SMILES string of the molecule is CN(Cc1cnn(C)c1)C(=O)c1ccc(Cl)cc1O. The Bertz CT molecular complexity index is 610. The largest absolute Gasteiger partial charge is 0.507 e. The zero-order valence-electron chi connectivity index (χ0n) is 10.7. The Morgan fingerprint density at radius 1 is 1.53 bits per heavy atom. The van der Waals surface area contributed by atoms with Gasteiger partial charge in [-0.05, 0) is 18.2 Å². The van der Waals surface area contributed by atoms with E-state index in [1.54, 1.807) is 24.0 Å². The van der Waals surface area contributed by atoms with E-state index in [4.69, 9.17) is 11.6 Å². The summed E-state index contributed by atoms with van der Waals surface area (Å²) in [6.07, 6.45) is 3.54. The molecule has 1 N–H and O–H groups in total. The number of amides is 1. The maximum absolute atomic E-state index is 12.2. The van der Waals surface area contributed by atoms with Crippen molar-refractivity contribution in [2.75, 3.05) is 7.05 Å². The van der Waals surface area contributed by atoms with Gasteiger partial charge in [-0.25, -0.2) is 0 Å². The molecule has 0 bridgehead atoms. The number of aryl methyl sites for hydroxylation is 1. The van der Waals surface area contributed by atoms with E-state index in [-0.39, 0.29) is 17.2 Å². The highest BCUT2D eigenvalue weighted by atomic mass is 35.5. The van der Waals surface area contributed by atoms with Gasteiger partial charge < -0.3 is 10.0 Å². The first-order chi connectivity index (χ1) is 8.97. The molecule has 0 saturated carbocycles. The van der Waals surface area contributed by atoms with Crippen molar-refractivity contribution in [3.05, 3.63) is 46.7 Å². The zero-order valence-corrected chi connectivity index (χ0v) is 11.4. The normalized spacial score (nSPS) is 10.5. The first kappa shape index (κ1) is 13.4. The van der Waals surface area contributed by atoms with Gasteiger partial charge in [-0.2, -0.15) is 5.10 Å². The Balaban J connectivity index is 2.14. The number of phenols is 1. The first-order valence-corrected chi connectivity index (χ1v) is 6.06. The van der Waals surface area contributed by atoms with Crippen LogP contribution in [0.2, 0.25) is 5.02 Å². The Hall–Kier alpha value is -2.01. The Labute approximate surface area is 116 Å². The number of phenolic OH excluding ortho intramolecular Hbond substituents is 1. The molecule has 100 valence electrons. The second-order valence-corrected chi connectivity index (χ2v) is 4.78. The topological polar surface area (TPSA) is 58.4 Å². The van der Waals surface area contributed by atoms with Gasteiger partial charge in [0, 0.05) is 37.4 Å². The summed E-state index contributed by atoms with van der Waals surface area (Å²) in [6, 6.07) is 4.44. The van der Waals surface area contributed by atoms with Crippen molar-refractivity contribution in [2.24, 2.45) is 7.05 Å². The molecule has 0 aliphatic rings. The lowest BCUT2D eigenvalue weighted by molar-refractivity contribution is 0.0782. The molecule has 1 aromatic carbocycles. The highest BCUT2D eigenvalue weighted by Gasteiger charge is 2.16. The average Bonchev–Trinajstić information content (AvgIpc) is 2.74. The minimum atomic E-state index is -0.266. The average molecular weight is 280 g/mol. The first-order valence-electron chi connectivity index (χ1n) is 5.69. The maximum Gasteiger partial charge on any atom is 0.257 e. The zero-order chi connectivity index (χ0) is 14.0. The molecule has 1 heterocycles. The second kappa shape index (κ2) is 5.32. The standard InChI is InChI=1S/C13H14ClN3O2/c1-16(7-9-6-15-17(2)8-9)13(19)11-4-3-10(14)5-12(11)18/h3-6,8,18H,7H2,1-2H3. The molecule has 1 amide bonds. The van der Waals surface area contributed by atoms with E-state index in [9.17, 15) is 9.90 Å². The predicted octanol–water partition coefficient (Wildman–Crippen LogP) is 2.05. The number of hydrogen-bond donors (Lipinski definition) is 1. The van der Waals surface area contributed by atoms with Gasteiger partial charge in [-0.15, -0.1) is 0 Å². The molecular formula is C13H14ClN3O2. The third-order valence-electron chi connectivity index (χ3n) is 2.71. The molecule has 5 nitrogen and oxygen atoms in total. The van der Waals surface area contributed by atoms with Crippen molar-refractivity contribution < 1.29 is 9.90 Å². The molecule has 1 aromatic heterocycles. The fourth-order valence-electron chi connectivity index (χ4n) is 1.79. The van der Waals surface area contributed by atoms with Crippen molar-refractivity contribution >= 4 is 17.5 Å². The summed E-state index contributed by atoms with van der Waals surface area (Å²) in [4.78, 5) is 13.7. The number of benzene rings is 1. The number of halogens is 1. The second-order valence-electron chi connectivity index (χ2n) is 4.34. The summed E-state index contributed by atoms with van der Waals surface area (Å²) in [5.41, 5.74) is 1.16. The van der Waals surface area contributed by atoms with Gasteiger partial charge in [0.05, 0.1) is 11.8 Å². The number of rotatable bonds is 3. The van der Waals surface area contributed by atoms with Crippen molar-refractivity contribution in [2.45, 2.75) is 6.54 Å². The van der Waals surface area contributed by atoms with E-state index >= 15 is 0 Å². The van der Waals surface area contributed by atoms with E-state index in [2.05, 4.69) is 5.10 Å². The lowest BCUT2D eigenvalue weighted by Gasteiger charge is -2.17. The molecule has 0 unspecified atom stereocenters. The summed E-state index contributed by atoms with van der Waals surface area (Å²) in [5.74, 6) is -0.381. The molecule has 2 aromatic rings. The lowest BCUT2D eigenvalue weighted by atomic mass is 10.1. The van der Waals surface area contributed by atoms with Crippen LogP contribution in [0.25, 0.3) is 0 Å².